The molecule has 1 unspecified atom stereocenters. The van der Waals surface area contributed by atoms with E-state index in [1.54, 1.807) is 12.1 Å². The molecular formula is C14H20BrNO3. The molecule has 0 fully saturated rings. The second-order valence-electron chi connectivity index (χ2n) is 4.82. The molecule has 0 aromatic heterocycles. The van der Waals surface area contributed by atoms with Crippen molar-refractivity contribution in [2.45, 2.75) is 26.3 Å². The van der Waals surface area contributed by atoms with Crippen LogP contribution in [0.3, 0.4) is 0 Å². The third-order valence-corrected chi connectivity index (χ3v) is 3.05. The van der Waals surface area contributed by atoms with E-state index >= 15 is 0 Å². The largest absolute Gasteiger partial charge is 0.484 e. The van der Waals surface area contributed by atoms with Crippen LogP contribution in [0.25, 0.3) is 0 Å². The van der Waals surface area contributed by atoms with Crippen LogP contribution in [0, 0.1) is 5.92 Å². The van der Waals surface area contributed by atoms with Gasteiger partial charge in [0.05, 0.1) is 12.6 Å². The first-order valence-electron chi connectivity index (χ1n) is 6.30. The van der Waals surface area contributed by atoms with E-state index in [1.165, 1.54) is 0 Å². The quantitative estimate of drug-likeness (QED) is 0.807. The molecule has 4 nitrogen and oxygen atoms in total. The number of amides is 1. The summed E-state index contributed by atoms with van der Waals surface area (Å²) in [7, 11) is 0. The summed E-state index contributed by atoms with van der Waals surface area (Å²) < 4.78 is 6.32. The van der Waals surface area contributed by atoms with E-state index in [9.17, 15) is 9.90 Å². The highest BCUT2D eigenvalue weighted by Gasteiger charge is 2.13. The molecule has 1 aromatic rings. The van der Waals surface area contributed by atoms with E-state index in [0.717, 1.165) is 10.9 Å². The van der Waals surface area contributed by atoms with Gasteiger partial charge in [0, 0.05) is 4.47 Å². The normalized spacial score (nSPS) is 12.3. The first kappa shape index (κ1) is 16.0. The Morgan fingerprint density at radius 2 is 2.00 bits per heavy atom. The fourth-order valence-electron chi connectivity index (χ4n) is 1.70. The first-order valence-corrected chi connectivity index (χ1v) is 7.09. The lowest BCUT2D eigenvalue weighted by atomic mass is 10.0. The van der Waals surface area contributed by atoms with Crippen molar-refractivity contribution in [3.8, 4) is 5.75 Å². The molecule has 0 heterocycles. The molecule has 0 aliphatic heterocycles. The average Bonchev–Trinajstić information content (AvgIpc) is 2.36. The lowest BCUT2D eigenvalue weighted by molar-refractivity contribution is -0.124. The number of halogens is 1. The number of rotatable bonds is 7. The average molecular weight is 330 g/mol. The second kappa shape index (κ2) is 8.17. The summed E-state index contributed by atoms with van der Waals surface area (Å²) in [6.07, 6.45) is 0.751. The highest BCUT2D eigenvalue weighted by atomic mass is 79.9. The fraction of sp³-hybridized carbons (Fsp3) is 0.500. The molecular weight excluding hydrogens is 310 g/mol. The van der Waals surface area contributed by atoms with Crippen molar-refractivity contribution in [1.29, 1.82) is 0 Å². The topological polar surface area (TPSA) is 58.6 Å². The number of benzene rings is 1. The highest BCUT2D eigenvalue weighted by molar-refractivity contribution is 9.10. The molecule has 0 saturated heterocycles. The van der Waals surface area contributed by atoms with Crippen LogP contribution in [-0.4, -0.2) is 30.3 Å². The van der Waals surface area contributed by atoms with E-state index in [4.69, 9.17) is 4.74 Å². The predicted molar refractivity (Wildman–Crippen MR) is 78.1 cm³/mol. The number of nitrogens with one attached hydrogen (secondary N) is 1. The van der Waals surface area contributed by atoms with Crippen molar-refractivity contribution in [2.24, 2.45) is 5.92 Å². The Hall–Kier alpha value is -1.07. The zero-order valence-corrected chi connectivity index (χ0v) is 12.8. The monoisotopic (exact) mass is 329 g/mol. The molecule has 0 bridgehead atoms. The van der Waals surface area contributed by atoms with E-state index < -0.39 is 0 Å². The summed E-state index contributed by atoms with van der Waals surface area (Å²) in [5.74, 6) is 0.843. The molecule has 1 atom stereocenters. The van der Waals surface area contributed by atoms with E-state index in [1.807, 2.05) is 26.0 Å². The van der Waals surface area contributed by atoms with Gasteiger partial charge in [0.1, 0.15) is 5.75 Å². The number of aliphatic hydroxyl groups excluding tert-OH is 1. The van der Waals surface area contributed by atoms with Crippen molar-refractivity contribution in [3.05, 3.63) is 28.7 Å². The maximum absolute atomic E-state index is 11.7. The molecule has 0 radical (unpaired) electrons. The third kappa shape index (κ3) is 6.59. The van der Waals surface area contributed by atoms with Crippen LogP contribution in [0.2, 0.25) is 0 Å². The Kier molecular flexibility index (Phi) is 6.87. The molecule has 1 amide bonds. The van der Waals surface area contributed by atoms with Crippen molar-refractivity contribution in [2.75, 3.05) is 13.2 Å². The van der Waals surface area contributed by atoms with Gasteiger partial charge in [-0.05, 0) is 36.6 Å². The molecule has 0 aliphatic carbocycles. The van der Waals surface area contributed by atoms with Crippen molar-refractivity contribution in [3.63, 3.8) is 0 Å². The Morgan fingerprint density at radius 1 is 1.37 bits per heavy atom. The van der Waals surface area contributed by atoms with Crippen molar-refractivity contribution < 1.29 is 14.6 Å². The van der Waals surface area contributed by atoms with Crippen LogP contribution < -0.4 is 10.1 Å². The Labute approximate surface area is 122 Å². The van der Waals surface area contributed by atoms with Gasteiger partial charge in [-0.3, -0.25) is 4.79 Å². The van der Waals surface area contributed by atoms with Gasteiger partial charge in [-0.25, -0.2) is 0 Å². The van der Waals surface area contributed by atoms with Gasteiger partial charge in [0.25, 0.3) is 5.91 Å². The van der Waals surface area contributed by atoms with Crippen LogP contribution in [0.4, 0.5) is 0 Å². The maximum atomic E-state index is 11.7. The zero-order valence-electron chi connectivity index (χ0n) is 11.2. The summed E-state index contributed by atoms with van der Waals surface area (Å²) in [5, 5.41) is 11.9. The van der Waals surface area contributed by atoms with Gasteiger partial charge in [-0.15, -0.1) is 0 Å². The van der Waals surface area contributed by atoms with E-state index in [-0.39, 0.29) is 25.2 Å². The molecule has 5 heteroatoms. The molecule has 2 N–H and O–H groups in total. The number of carbonyl (C=O) groups is 1. The summed E-state index contributed by atoms with van der Waals surface area (Å²) in [6.45, 7) is 4.00. The molecule has 1 rings (SSSR count). The number of aliphatic hydroxyl groups is 1. The molecule has 106 valence electrons. The van der Waals surface area contributed by atoms with Gasteiger partial charge in [0.2, 0.25) is 0 Å². The highest BCUT2D eigenvalue weighted by Crippen LogP contribution is 2.15. The molecule has 0 saturated carbocycles. The minimum atomic E-state index is -0.220. The summed E-state index contributed by atoms with van der Waals surface area (Å²) in [6, 6.07) is 7.07. The lowest BCUT2D eigenvalue weighted by Crippen LogP contribution is -2.40. The summed E-state index contributed by atoms with van der Waals surface area (Å²) in [5.41, 5.74) is 0. The zero-order chi connectivity index (χ0) is 14.3. The van der Waals surface area contributed by atoms with Crippen molar-refractivity contribution >= 4 is 21.8 Å². The van der Waals surface area contributed by atoms with Crippen molar-refractivity contribution in [1.82, 2.24) is 5.32 Å². The van der Waals surface area contributed by atoms with Crippen LogP contribution in [0.1, 0.15) is 20.3 Å². The predicted octanol–water partition coefficient (Wildman–Crippen LogP) is 2.35. The van der Waals surface area contributed by atoms with Gasteiger partial charge < -0.3 is 15.2 Å². The Balaban J connectivity index is 2.36. The van der Waals surface area contributed by atoms with E-state index in [0.29, 0.717) is 11.7 Å². The lowest BCUT2D eigenvalue weighted by Gasteiger charge is -2.18. The van der Waals surface area contributed by atoms with E-state index in [2.05, 4.69) is 21.2 Å². The van der Waals surface area contributed by atoms with Crippen LogP contribution in [0.15, 0.2) is 28.7 Å². The number of carbonyl (C=O) groups excluding carboxylic acids is 1. The maximum Gasteiger partial charge on any atom is 0.258 e. The molecule has 1 aromatic carbocycles. The summed E-state index contributed by atoms with van der Waals surface area (Å²) >= 11 is 3.33. The standard InChI is InChI=1S/C14H20BrNO3/c1-10(2)7-12(8-17)16-14(18)9-19-13-5-3-11(15)4-6-13/h3-6,10,12,17H,7-9H2,1-2H3,(H,16,18). The third-order valence-electron chi connectivity index (χ3n) is 2.52. The first-order chi connectivity index (χ1) is 9.01. The smallest absolute Gasteiger partial charge is 0.258 e. The van der Waals surface area contributed by atoms with Gasteiger partial charge in [-0.2, -0.15) is 0 Å². The number of hydrogen-bond acceptors (Lipinski definition) is 3. The number of ether oxygens (including phenoxy) is 1. The Bertz CT molecular complexity index is 392. The SMILES string of the molecule is CC(C)CC(CO)NC(=O)COc1ccc(Br)cc1. The summed E-state index contributed by atoms with van der Waals surface area (Å²) in [4.78, 5) is 11.7. The van der Waals surface area contributed by atoms with Crippen LogP contribution >= 0.6 is 15.9 Å². The second-order valence-corrected chi connectivity index (χ2v) is 5.73. The molecule has 19 heavy (non-hydrogen) atoms. The van der Waals surface area contributed by atoms with Gasteiger partial charge in [-0.1, -0.05) is 29.8 Å². The van der Waals surface area contributed by atoms with Gasteiger partial charge >= 0.3 is 0 Å². The minimum Gasteiger partial charge on any atom is -0.484 e. The van der Waals surface area contributed by atoms with Crippen LogP contribution in [-0.2, 0) is 4.79 Å². The fourth-order valence-corrected chi connectivity index (χ4v) is 1.96. The van der Waals surface area contributed by atoms with Crippen LogP contribution in [0.5, 0.6) is 5.75 Å². The molecule has 0 aliphatic rings. The molecule has 0 spiro atoms. The van der Waals surface area contributed by atoms with Gasteiger partial charge in [0.15, 0.2) is 6.61 Å². The Morgan fingerprint density at radius 3 is 2.53 bits per heavy atom. The minimum absolute atomic E-state index is 0.0454. The number of hydrogen-bond donors (Lipinski definition) is 2.